The van der Waals surface area contributed by atoms with Crippen molar-refractivity contribution >= 4 is 33.9 Å². The number of sulfonamides is 1. The van der Waals surface area contributed by atoms with Gasteiger partial charge in [0.05, 0.1) is 10.5 Å². The van der Waals surface area contributed by atoms with Gasteiger partial charge in [-0.2, -0.15) is 0 Å². The van der Waals surface area contributed by atoms with Crippen molar-refractivity contribution in [3.8, 4) is 11.1 Å². The molecular weight excluding hydrogens is 396 g/mol. The highest BCUT2D eigenvalue weighted by molar-refractivity contribution is 7.98. The van der Waals surface area contributed by atoms with E-state index in [0.29, 0.717) is 29.4 Å². The Labute approximate surface area is 167 Å². The van der Waals surface area contributed by atoms with E-state index in [4.69, 9.17) is 5.14 Å². The van der Waals surface area contributed by atoms with E-state index in [1.54, 1.807) is 12.1 Å². The Morgan fingerprint density at radius 3 is 2.54 bits per heavy atom. The number of benzene rings is 2. The molecule has 7 nitrogen and oxygen atoms in total. The fourth-order valence-corrected chi connectivity index (χ4v) is 3.45. The minimum Gasteiger partial charge on any atom is -0.365 e. The zero-order valence-corrected chi connectivity index (χ0v) is 16.6. The monoisotopic (exact) mass is 414 g/mol. The Balaban J connectivity index is 1.76. The number of nitrogens with two attached hydrogens (primary N) is 1. The topological polar surface area (TPSA) is 115 Å². The lowest BCUT2D eigenvalue weighted by Crippen LogP contribution is -2.11. The van der Waals surface area contributed by atoms with Gasteiger partial charge in [-0.15, -0.1) is 0 Å². The van der Waals surface area contributed by atoms with Crippen LogP contribution in [-0.4, -0.2) is 30.9 Å². The lowest BCUT2D eigenvalue weighted by Gasteiger charge is -2.10. The molecule has 1 aromatic heterocycles. The number of nitrogens with one attached hydrogen (secondary N) is 1. The molecule has 0 saturated heterocycles. The quantitative estimate of drug-likeness (QED) is 0.347. The molecule has 3 N–H and O–H groups in total. The Morgan fingerprint density at radius 1 is 1.14 bits per heavy atom. The van der Waals surface area contributed by atoms with Crippen LogP contribution in [0.15, 0.2) is 64.8 Å². The predicted molar refractivity (Wildman–Crippen MR) is 110 cm³/mol. The molecule has 9 heteroatoms. The molecule has 0 spiro atoms. The summed E-state index contributed by atoms with van der Waals surface area (Å²) in [6.07, 6.45) is 4.08. The van der Waals surface area contributed by atoms with Gasteiger partial charge in [-0.1, -0.05) is 48.2 Å². The summed E-state index contributed by atoms with van der Waals surface area (Å²) in [7, 11) is -3.75. The first-order valence-electron chi connectivity index (χ1n) is 8.23. The first-order valence-corrected chi connectivity index (χ1v) is 11.0. The number of hydrogen-bond donors (Lipinski definition) is 2. The van der Waals surface area contributed by atoms with Crippen LogP contribution in [0.5, 0.6) is 0 Å². The van der Waals surface area contributed by atoms with E-state index in [9.17, 15) is 13.2 Å². The normalized spacial score (nSPS) is 11.2. The fraction of sp³-hybridized carbons (Fsp3) is 0.105. The van der Waals surface area contributed by atoms with E-state index < -0.39 is 10.0 Å². The van der Waals surface area contributed by atoms with Gasteiger partial charge in [0.25, 0.3) is 0 Å². The summed E-state index contributed by atoms with van der Waals surface area (Å²) < 4.78 is 23.0. The summed E-state index contributed by atoms with van der Waals surface area (Å²) in [5.41, 5.74) is 3.01. The summed E-state index contributed by atoms with van der Waals surface area (Å²) in [6, 6.07) is 14.1. The minimum absolute atomic E-state index is 0.0745. The van der Waals surface area contributed by atoms with Gasteiger partial charge in [0, 0.05) is 12.7 Å². The number of aldehydes is 1. The Hall–Kier alpha value is -2.75. The van der Waals surface area contributed by atoms with E-state index in [1.165, 1.54) is 24.0 Å². The van der Waals surface area contributed by atoms with Gasteiger partial charge in [0.1, 0.15) is 5.82 Å². The predicted octanol–water partition coefficient (Wildman–Crippen LogP) is 2.94. The number of nitrogens with zero attached hydrogens (tertiary/aromatic N) is 2. The van der Waals surface area contributed by atoms with Crippen LogP contribution in [0.3, 0.4) is 0 Å². The fourth-order valence-electron chi connectivity index (χ4n) is 2.55. The van der Waals surface area contributed by atoms with E-state index in [-0.39, 0.29) is 4.90 Å². The third-order valence-electron chi connectivity index (χ3n) is 4.01. The zero-order valence-electron chi connectivity index (χ0n) is 15.0. The molecule has 0 atom stereocenters. The highest BCUT2D eigenvalue weighted by Gasteiger charge is 2.09. The molecule has 144 valence electrons. The maximum absolute atomic E-state index is 11.5. The largest absolute Gasteiger partial charge is 0.365 e. The lowest BCUT2D eigenvalue weighted by molar-refractivity contribution is 0.112. The molecule has 0 aliphatic carbocycles. The number of rotatable bonds is 7. The van der Waals surface area contributed by atoms with E-state index >= 15 is 0 Å². The molecule has 0 saturated carbocycles. The highest BCUT2D eigenvalue weighted by atomic mass is 32.2. The number of aromatic nitrogens is 2. The molecule has 28 heavy (non-hydrogen) atoms. The molecule has 0 aliphatic heterocycles. The number of hydrogen-bond acceptors (Lipinski definition) is 7. The second-order valence-corrected chi connectivity index (χ2v) is 8.24. The maximum Gasteiger partial charge on any atom is 0.238 e. The van der Waals surface area contributed by atoms with Crippen LogP contribution in [0.2, 0.25) is 0 Å². The van der Waals surface area contributed by atoms with Gasteiger partial charge < -0.3 is 5.32 Å². The molecule has 1 heterocycles. The summed E-state index contributed by atoms with van der Waals surface area (Å²) in [5, 5.41) is 8.93. The standard InChI is InChI=1S/C19H18N4O3S2/c1-27-19-22-11-16(12-24)18(23-19)21-10-13-5-7-14(8-6-13)15-3-2-4-17(9-15)28(20,25)26/h2-9,11-12H,10H2,1H3,(H2,20,25,26)(H,21,22,23). The highest BCUT2D eigenvalue weighted by Crippen LogP contribution is 2.23. The van der Waals surface area contributed by atoms with Gasteiger partial charge in [0.2, 0.25) is 10.0 Å². The summed E-state index contributed by atoms with van der Waals surface area (Å²) in [5.74, 6) is 0.485. The van der Waals surface area contributed by atoms with Crippen molar-refractivity contribution in [2.45, 2.75) is 16.6 Å². The van der Waals surface area contributed by atoms with E-state index in [2.05, 4.69) is 15.3 Å². The molecule has 0 aliphatic rings. The van der Waals surface area contributed by atoms with Crippen molar-refractivity contribution in [3.63, 3.8) is 0 Å². The number of anilines is 1. The Morgan fingerprint density at radius 2 is 1.89 bits per heavy atom. The van der Waals surface area contributed by atoms with Gasteiger partial charge in [-0.3, -0.25) is 4.79 Å². The number of thioether (sulfide) groups is 1. The van der Waals surface area contributed by atoms with Crippen LogP contribution in [0.4, 0.5) is 5.82 Å². The first kappa shape index (κ1) is 20.0. The Kier molecular flexibility index (Phi) is 6.08. The van der Waals surface area contributed by atoms with E-state index in [1.807, 2.05) is 36.6 Å². The second kappa shape index (κ2) is 8.51. The molecule has 0 radical (unpaired) electrons. The van der Waals surface area contributed by atoms with Crippen LogP contribution in [0, 0.1) is 0 Å². The SMILES string of the molecule is CSc1ncc(C=O)c(NCc2ccc(-c3cccc(S(N)(=O)=O)c3)cc2)n1. The van der Waals surface area contributed by atoms with Crippen molar-refractivity contribution in [2.75, 3.05) is 11.6 Å². The van der Waals surface area contributed by atoms with Crippen LogP contribution in [0.25, 0.3) is 11.1 Å². The summed E-state index contributed by atoms with van der Waals surface area (Å²) in [4.78, 5) is 19.6. The third-order valence-corrected chi connectivity index (χ3v) is 5.49. The van der Waals surface area contributed by atoms with Crippen molar-refractivity contribution < 1.29 is 13.2 Å². The molecule has 3 aromatic rings. The third kappa shape index (κ3) is 4.75. The molecule has 3 rings (SSSR count). The van der Waals surface area contributed by atoms with Gasteiger partial charge in [0.15, 0.2) is 11.4 Å². The van der Waals surface area contributed by atoms with Crippen LogP contribution in [0.1, 0.15) is 15.9 Å². The maximum atomic E-state index is 11.5. The minimum atomic E-state index is -3.75. The Bertz CT molecular complexity index is 1100. The van der Waals surface area contributed by atoms with Crippen molar-refractivity contribution in [1.29, 1.82) is 0 Å². The van der Waals surface area contributed by atoms with Crippen LogP contribution in [-0.2, 0) is 16.6 Å². The summed E-state index contributed by atoms with van der Waals surface area (Å²) >= 11 is 1.40. The van der Waals surface area contributed by atoms with Crippen molar-refractivity contribution in [1.82, 2.24) is 9.97 Å². The average Bonchev–Trinajstić information content (AvgIpc) is 2.72. The van der Waals surface area contributed by atoms with Gasteiger partial charge in [-0.05, 0) is 35.1 Å². The number of carbonyl (C=O) groups excluding carboxylic acids is 1. The smallest absolute Gasteiger partial charge is 0.238 e. The molecule has 0 unspecified atom stereocenters. The molecule has 2 aromatic carbocycles. The molecule has 0 amide bonds. The molecule has 0 fully saturated rings. The molecular formula is C19H18N4O3S2. The molecule has 0 bridgehead atoms. The summed E-state index contributed by atoms with van der Waals surface area (Å²) in [6.45, 7) is 0.475. The second-order valence-electron chi connectivity index (χ2n) is 5.90. The van der Waals surface area contributed by atoms with E-state index in [0.717, 1.165) is 16.7 Å². The number of carbonyl (C=O) groups is 1. The first-order chi connectivity index (χ1) is 13.4. The van der Waals surface area contributed by atoms with Crippen molar-refractivity contribution in [3.05, 3.63) is 65.9 Å². The lowest BCUT2D eigenvalue weighted by atomic mass is 10.0. The van der Waals surface area contributed by atoms with Crippen molar-refractivity contribution in [2.24, 2.45) is 5.14 Å². The van der Waals surface area contributed by atoms with Gasteiger partial charge in [-0.25, -0.2) is 23.5 Å². The van der Waals surface area contributed by atoms with Crippen LogP contribution < -0.4 is 10.5 Å². The van der Waals surface area contributed by atoms with Crippen LogP contribution >= 0.6 is 11.8 Å². The van der Waals surface area contributed by atoms with Gasteiger partial charge >= 0.3 is 0 Å². The zero-order chi connectivity index (χ0) is 20.1. The average molecular weight is 415 g/mol. The number of primary sulfonamides is 1.